The first-order valence-electron chi connectivity index (χ1n) is 5.65. The minimum atomic E-state index is -3.51. The lowest BCUT2D eigenvalue weighted by Crippen LogP contribution is -2.69. The highest BCUT2D eigenvalue weighted by Crippen LogP contribution is 2.36. The zero-order chi connectivity index (χ0) is 17.1. The van der Waals surface area contributed by atoms with Gasteiger partial charge in [-0.15, -0.1) is 0 Å². The molecule has 0 fully saturated rings. The van der Waals surface area contributed by atoms with E-state index in [0.29, 0.717) is 12.2 Å². The Balaban J connectivity index is 3.60. The lowest BCUT2D eigenvalue weighted by Gasteiger charge is -2.35. The van der Waals surface area contributed by atoms with Gasteiger partial charge in [-0.3, -0.25) is 4.79 Å². The van der Waals surface area contributed by atoms with Gasteiger partial charge in [-0.25, -0.2) is 19.2 Å². The molecule has 0 saturated carbocycles. The van der Waals surface area contributed by atoms with Crippen molar-refractivity contribution in [2.45, 2.75) is 11.2 Å². The molecule has 1 aliphatic heterocycles. The minimum Gasteiger partial charge on any atom is -0.466 e. The summed E-state index contributed by atoms with van der Waals surface area (Å²) < 4.78 is 17.3. The summed E-state index contributed by atoms with van der Waals surface area (Å²) in [6.45, 7) is 0. The van der Waals surface area contributed by atoms with E-state index < -0.39 is 40.9 Å². The number of carbonyl (C=O) groups is 5. The van der Waals surface area contributed by atoms with Crippen LogP contribution in [0, 0.1) is 0 Å². The first-order valence-corrected chi connectivity index (χ1v) is 5.65. The third-order valence-electron chi connectivity index (χ3n) is 2.92. The van der Waals surface area contributed by atoms with Gasteiger partial charge >= 0.3 is 23.9 Å². The van der Waals surface area contributed by atoms with E-state index in [1.807, 2.05) is 0 Å². The minimum absolute atomic E-state index is 0.624. The van der Waals surface area contributed by atoms with Crippen molar-refractivity contribution in [3.05, 3.63) is 12.2 Å². The van der Waals surface area contributed by atoms with Crippen LogP contribution in [-0.4, -0.2) is 67.3 Å². The summed E-state index contributed by atoms with van der Waals surface area (Å²) >= 11 is 0. The smallest absolute Gasteiger partial charge is 0.378 e. The zero-order valence-corrected chi connectivity index (χ0v) is 11.8. The van der Waals surface area contributed by atoms with Gasteiger partial charge < -0.3 is 24.1 Å². The third-order valence-corrected chi connectivity index (χ3v) is 2.92. The molecule has 10 heteroatoms. The molecule has 0 radical (unpaired) electrons. The Hall–Kier alpha value is -2.75. The standard InChI is InChI=1S/C12H12O10/c1-19-8(15)7(14)12(18,10(17)21-3)11(9(16)20-2)5-4-6(13)22-11/h4-5,18H,1-3H3. The van der Waals surface area contributed by atoms with Gasteiger partial charge in [-0.2, -0.15) is 0 Å². The second-order valence-corrected chi connectivity index (χ2v) is 4.00. The molecule has 1 rings (SSSR count). The topological polar surface area (TPSA) is 143 Å². The van der Waals surface area contributed by atoms with Crippen molar-refractivity contribution in [1.29, 1.82) is 0 Å². The number of aliphatic hydroxyl groups is 1. The van der Waals surface area contributed by atoms with E-state index >= 15 is 0 Å². The zero-order valence-electron chi connectivity index (χ0n) is 11.8. The van der Waals surface area contributed by atoms with E-state index in [1.54, 1.807) is 0 Å². The van der Waals surface area contributed by atoms with Crippen LogP contribution in [0.25, 0.3) is 0 Å². The molecule has 10 nitrogen and oxygen atoms in total. The molecule has 0 amide bonds. The van der Waals surface area contributed by atoms with Gasteiger partial charge in [0, 0.05) is 6.08 Å². The summed E-state index contributed by atoms with van der Waals surface area (Å²) in [5.74, 6) is -7.86. The number of esters is 4. The van der Waals surface area contributed by atoms with Crippen LogP contribution in [0.1, 0.15) is 0 Å². The highest BCUT2D eigenvalue weighted by Gasteiger charge is 2.71. The fraction of sp³-hybridized carbons (Fsp3) is 0.417. The quantitative estimate of drug-likeness (QED) is 0.253. The molecule has 120 valence electrons. The van der Waals surface area contributed by atoms with E-state index in [4.69, 9.17) is 0 Å². The number of methoxy groups -OCH3 is 3. The van der Waals surface area contributed by atoms with Crippen molar-refractivity contribution >= 4 is 29.7 Å². The molecule has 2 unspecified atom stereocenters. The molecule has 0 bridgehead atoms. The summed E-state index contributed by atoms with van der Waals surface area (Å²) in [5, 5.41) is 10.5. The molecule has 0 aromatic carbocycles. The van der Waals surface area contributed by atoms with Crippen molar-refractivity contribution in [3.63, 3.8) is 0 Å². The molecular weight excluding hydrogens is 304 g/mol. The Morgan fingerprint density at radius 2 is 1.73 bits per heavy atom. The lowest BCUT2D eigenvalue weighted by molar-refractivity contribution is -0.209. The normalized spacial score (nSPS) is 22.3. The highest BCUT2D eigenvalue weighted by molar-refractivity contribution is 6.43. The summed E-state index contributed by atoms with van der Waals surface area (Å²) in [4.78, 5) is 58.6. The number of Topliss-reactive ketones (excluding diaryl/α,β-unsaturated/α-hetero) is 1. The molecule has 1 heterocycles. The number of hydrogen-bond acceptors (Lipinski definition) is 10. The van der Waals surface area contributed by atoms with Gasteiger partial charge in [0.15, 0.2) is 0 Å². The summed E-state index contributed by atoms with van der Waals surface area (Å²) in [7, 11) is 2.44. The second kappa shape index (κ2) is 5.93. The number of carbonyl (C=O) groups excluding carboxylic acids is 5. The van der Waals surface area contributed by atoms with E-state index in [9.17, 15) is 29.1 Å². The van der Waals surface area contributed by atoms with Crippen LogP contribution < -0.4 is 0 Å². The monoisotopic (exact) mass is 316 g/mol. The van der Waals surface area contributed by atoms with E-state index in [1.165, 1.54) is 0 Å². The van der Waals surface area contributed by atoms with Crippen molar-refractivity contribution < 1.29 is 48.0 Å². The molecule has 0 saturated heterocycles. The predicted octanol–water partition coefficient (Wildman–Crippen LogP) is -2.34. The number of cyclic esters (lactones) is 1. The predicted molar refractivity (Wildman–Crippen MR) is 64.0 cm³/mol. The Kier molecular flexibility index (Phi) is 4.67. The van der Waals surface area contributed by atoms with Crippen molar-refractivity contribution in [2.24, 2.45) is 0 Å². The molecule has 2 atom stereocenters. The molecule has 0 aromatic heterocycles. The van der Waals surface area contributed by atoms with Crippen molar-refractivity contribution in [2.75, 3.05) is 21.3 Å². The second-order valence-electron chi connectivity index (χ2n) is 4.00. The maximum atomic E-state index is 12.1. The number of ether oxygens (including phenoxy) is 4. The van der Waals surface area contributed by atoms with Gasteiger partial charge in [0.05, 0.1) is 21.3 Å². The average molecular weight is 316 g/mol. The van der Waals surface area contributed by atoms with Crippen LogP contribution in [0.2, 0.25) is 0 Å². The van der Waals surface area contributed by atoms with Crippen LogP contribution in [0.4, 0.5) is 0 Å². The van der Waals surface area contributed by atoms with Gasteiger partial charge in [0.1, 0.15) is 0 Å². The molecule has 0 spiro atoms. The molecule has 1 N–H and O–H groups in total. The van der Waals surface area contributed by atoms with Gasteiger partial charge in [-0.05, 0) is 6.08 Å². The summed E-state index contributed by atoms with van der Waals surface area (Å²) in [6, 6.07) is 0. The number of rotatable bonds is 5. The molecular formula is C12H12O10. The average Bonchev–Trinajstić information content (AvgIpc) is 2.94. The van der Waals surface area contributed by atoms with Crippen LogP contribution >= 0.6 is 0 Å². The summed E-state index contributed by atoms with van der Waals surface area (Å²) in [6.07, 6.45) is 1.30. The third kappa shape index (κ3) is 2.22. The Morgan fingerprint density at radius 1 is 1.14 bits per heavy atom. The van der Waals surface area contributed by atoms with E-state index in [-0.39, 0.29) is 0 Å². The van der Waals surface area contributed by atoms with Gasteiger partial charge in [0.25, 0.3) is 17.0 Å². The summed E-state index contributed by atoms with van der Waals surface area (Å²) in [5.41, 5.74) is -6.41. The van der Waals surface area contributed by atoms with Gasteiger partial charge in [0.2, 0.25) is 0 Å². The largest absolute Gasteiger partial charge is 0.466 e. The Morgan fingerprint density at radius 3 is 2.09 bits per heavy atom. The SMILES string of the molecule is COC(=O)C(=O)C(O)(C(=O)OC)C1(C(=O)OC)C=CC(=O)O1. The molecule has 1 aliphatic rings. The maximum absolute atomic E-state index is 12.1. The Labute approximate surface area is 123 Å². The van der Waals surface area contributed by atoms with Crippen LogP contribution in [0.15, 0.2) is 12.2 Å². The van der Waals surface area contributed by atoms with Crippen molar-refractivity contribution in [1.82, 2.24) is 0 Å². The van der Waals surface area contributed by atoms with E-state index in [2.05, 4.69) is 18.9 Å². The Bertz CT molecular complexity index is 576. The van der Waals surface area contributed by atoms with Gasteiger partial charge in [-0.1, -0.05) is 0 Å². The van der Waals surface area contributed by atoms with Crippen LogP contribution in [0.5, 0.6) is 0 Å². The first kappa shape index (κ1) is 17.3. The van der Waals surface area contributed by atoms with E-state index in [0.717, 1.165) is 21.3 Å². The number of ketones is 1. The fourth-order valence-corrected chi connectivity index (χ4v) is 1.82. The fourth-order valence-electron chi connectivity index (χ4n) is 1.82. The molecule has 0 aromatic rings. The number of hydrogen-bond donors (Lipinski definition) is 1. The maximum Gasteiger partial charge on any atom is 0.378 e. The van der Waals surface area contributed by atoms with Crippen LogP contribution in [-0.2, 0) is 42.9 Å². The molecule has 22 heavy (non-hydrogen) atoms. The lowest BCUT2D eigenvalue weighted by atomic mass is 9.79. The first-order chi connectivity index (χ1) is 10.2. The molecule has 0 aliphatic carbocycles. The highest BCUT2D eigenvalue weighted by atomic mass is 16.6. The van der Waals surface area contributed by atoms with Crippen molar-refractivity contribution in [3.8, 4) is 0 Å². The van der Waals surface area contributed by atoms with Crippen LogP contribution in [0.3, 0.4) is 0 Å².